The van der Waals surface area contributed by atoms with E-state index in [2.05, 4.69) is 14.8 Å². The Morgan fingerprint density at radius 3 is 2.57 bits per heavy atom. The van der Waals surface area contributed by atoms with Gasteiger partial charge in [0.2, 0.25) is 0 Å². The summed E-state index contributed by atoms with van der Waals surface area (Å²) < 4.78 is 14.2. The highest BCUT2D eigenvalue weighted by Gasteiger charge is 2.19. The minimum atomic E-state index is -0.558. The Hall–Kier alpha value is -0.850. The van der Waals surface area contributed by atoms with Crippen molar-refractivity contribution in [1.82, 2.24) is 5.32 Å². The van der Waals surface area contributed by atoms with E-state index in [9.17, 15) is 4.79 Å². The van der Waals surface area contributed by atoms with Gasteiger partial charge in [-0.25, -0.2) is 4.79 Å². The lowest BCUT2D eigenvalue weighted by Crippen LogP contribution is -2.44. The third-order valence-electron chi connectivity index (χ3n) is 1.67. The van der Waals surface area contributed by atoms with Crippen LogP contribution in [0.2, 0.25) is 0 Å². The zero-order valence-corrected chi connectivity index (χ0v) is 8.65. The first-order chi connectivity index (χ1) is 6.65. The summed E-state index contributed by atoms with van der Waals surface area (Å²) in [5.41, 5.74) is 0. The van der Waals surface area contributed by atoms with Gasteiger partial charge in [-0.3, -0.25) is 0 Å². The second kappa shape index (κ2) is 7.54. The number of aliphatic hydroxyl groups is 1. The van der Waals surface area contributed by atoms with Gasteiger partial charge in [0.15, 0.2) is 0 Å². The van der Waals surface area contributed by atoms with Crippen LogP contribution in [0.4, 0.5) is 4.79 Å². The zero-order chi connectivity index (χ0) is 11.0. The molecule has 0 heterocycles. The van der Waals surface area contributed by atoms with Crippen molar-refractivity contribution in [2.45, 2.75) is 19.1 Å². The van der Waals surface area contributed by atoms with Crippen LogP contribution in [-0.4, -0.2) is 51.0 Å². The number of carbonyl (C=O) groups excluding carboxylic acids is 1. The highest BCUT2D eigenvalue weighted by Crippen LogP contribution is 1.99. The van der Waals surface area contributed by atoms with Crippen LogP contribution in [0.1, 0.15) is 6.92 Å². The van der Waals surface area contributed by atoms with Crippen LogP contribution >= 0.6 is 0 Å². The molecule has 0 aromatic heterocycles. The number of amides is 1. The van der Waals surface area contributed by atoms with Gasteiger partial charge in [0.05, 0.1) is 19.8 Å². The average Bonchev–Trinajstić information content (AvgIpc) is 2.18. The first-order valence-corrected chi connectivity index (χ1v) is 4.21. The zero-order valence-electron chi connectivity index (χ0n) is 8.65. The second-order valence-corrected chi connectivity index (χ2v) is 2.72. The minimum absolute atomic E-state index is 0.0679. The number of aliphatic hydroxyl groups excluding tert-OH is 1. The molecule has 1 amide bonds. The Balaban J connectivity index is 3.90. The molecule has 6 heteroatoms. The van der Waals surface area contributed by atoms with Crippen molar-refractivity contribution in [3.8, 4) is 0 Å². The fraction of sp³-hybridized carbons (Fsp3) is 0.875. The number of ether oxygens (including phenoxy) is 3. The molecule has 84 valence electrons. The van der Waals surface area contributed by atoms with Crippen molar-refractivity contribution in [3.63, 3.8) is 0 Å². The van der Waals surface area contributed by atoms with E-state index in [1.807, 2.05) is 0 Å². The number of carbonyl (C=O) groups is 1. The van der Waals surface area contributed by atoms with Gasteiger partial charge in [0, 0.05) is 7.11 Å². The smallest absolute Gasteiger partial charge is 0.407 e. The maximum atomic E-state index is 10.8. The molecular formula is C8H17NO5. The first kappa shape index (κ1) is 13.2. The van der Waals surface area contributed by atoms with Crippen LogP contribution in [0, 0.1) is 0 Å². The highest BCUT2D eigenvalue weighted by molar-refractivity contribution is 5.67. The molecule has 0 saturated heterocycles. The lowest BCUT2D eigenvalue weighted by Gasteiger charge is -2.22. The third kappa shape index (κ3) is 5.00. The van der Waals surface area contributed by atoms with Gasteiger partial charge >= 0.3 is 6.09 Å². The molecule has 0 aromatic rings. The lowest BCUT2D eigenvalue weighted by atomic mass is 10.2. The Morgan fingerprint density at radius 1 is 1.50 bits per heavy atom. The summed E-state index contributed by atoms with van der Waals surface area (Å²) in [6.07, 6.45) is -1.06. The second-order valence-electron chi connectivity index (χ2n) is 2.72. The Kier molecular flexibility index (Phi) is 7.09. The Bertz CT molecular complexity index is 164. The SMILES string of the molecule is COCO[C@H](CO)[C@@H](C)NC(=O)OC. The quantitative estimate of drug-likeness (QED) is 0.585. The molecule has 0 saturated carbocycles. The third-order valence-corrected chi connectivity index (χ3v) is 1.67. The number of rotatable bonds is 6. The van der Waals surface area contributed by atoms with E-state index < -0.39 is 12.2 Å². The molecule has 0 aliphatic rings. The van der Waals surface area contributed by atoms with Crippen molar-refractivity contribution in [3.05, 3.63) is 0 Å². The van der Waals surface area contributed by atoms with Crippen LogP contribution in [0.15, 0.2) is 0 Å². The topological polar surface area (TPSA) is 77.0 Å². The van der Waals surface area contributed by atoms with E-state index in [0.29, 0.717) is 0 Å². The van der Waals surface area contributed by atoms with Crippen molar-refractivity contribution in [2.75, 3.05) is 27.6 Å². The number of nitrogens with one attached hydrogen (secondary N) is 1. The van der Waals surface area contributed by atoms with Gasteiger partial charge in [-0.2, -0.15) is 0 Å². The van der Waals surface area contributed by atoms with E-state index in [1.165, 1.54) is 14.2 Å². The van der Waals surface area contributed by atoms with Gasteiger partial charge in [0.1, 0.15) is 12.9 Å². The Labute approximate surface area is 83.1 Å². The van der Waals surface area contributed by atoms with Crippen LogP contribution in [0.3, 0.4) is 0 Å². The largest absolute Gasteiger partial charge is 0.453 e. The van der Waals surface area contributed by atoms with Gasteiger partial charge in [-0.1, -0.05) is 0 Å². The van der Waals surface area contributed by atoms with Crippen LogP contribution in [0.5, 0.6) is 0 Å². The Morgan fingerprint density at radius 2 is 2.14 bits per heavy atom. The summed E-state index contributed by atoms with van der Waals surface area (Å²) in [4.78, 5) is 10.8. The minimum Gasteiger partial charge on any atom is -0.453 e. The summed E-state index contributed by atoms with van der Waals surface area (Å²) in [5.74, 6) is 0. The molecule has 2 atom stereocenters. The van der Waals surface area contributed by atoms with E-state index in [4.69, 9.17) is 9.84 Å². The van der Waals surface area contributed by atoms with E-state index in [-0.39, 0.29) is 19.4 Å². The molecule has 0 bridgehead atoms. The number of alkyl carbamates (subject to hydrolysis) is 1. The molecule has 6 nitrogen and oxygen atoms in total. The summed E-state index contributed by atoms with van der Waals surface area (Å²) >= 11 is 0. The predicted molar refractivity (Wildman–Crippen MR) is 48.8 cm³/mol. The summed E-state index contributed by atoms with van der Waals surface area (Å²) in [7, 11) is 2.75. The molecule has 14 heavy (non-hydrogen) atoms. The molecule has 0 aliphatic carbocycles. The van der Waals surface area contributed by atoms with Crippen molar-refractivity contribution in [2.24, 2.45) is 0 Å². The van der Waals surface area contributed by atoms with E-state index in [0.717, 1.165) is 0 Å². The maximum Gasteiger partial charge on any atom is 0.407 e. The first-order valence-electron chi connectivity index (χ1n) is 4.21. The molecule has 2 N–H and O–H groups in total. The van der Waals surface area contributed by atoms with Gasteiger partial charge in [-0.05, 0) is 6.92 Å². The van der Waals surface area contributed by atoms with Crippen LogP contribution in [-0.2, 0) is 14.2 Å². The maximum absolute atomic E-state index is 10.8. The van der Waals surface area contributed by atoms with Gasteiger partial charge in [-0.15, -0.1) is 0 Å². The van der Waals surface area contributed by atoms with Crippen molar-refractivity contribution < 1.29 is 24.1 Å². The molecule has 0 fully saturated rings. The van der Waals surface area contributed by atoms with Crippen LogP contribution < -0.4 is 5.32 Å². The summed E-state index contributed by atoms with van der Waals surface area (Å²) in [6.45, 7) is 1.57. The fourth-order valence-corrected chi connectivity index (χ4v) is 0.848. The summed E-state index contributed by atoms with van der Waals surface area (Å²) in [6, 6.07) is -0.345. The van der Waals surface area contributed by atoms with Gasteiger partial charge in [0.25, 0.3) is 0 Å². The van der Waals surface area contributed by atoms with Crippen molar-refractivity contribution in [1.29, 1.82) is 0 Å². The summed E-state index contributed by atoms with van der Waals surface area (Å²) in [5, 5.41) is 11.4. The monoisotopic (exact) mass is 207 g/mol. The average molecular weight is 207 g/mol. The number of hydrogen-bond acceptors (Lipinski definition) is 5. The molecule has 0 aromatic carbocycles. The normalized spacial score (nSPS) is 14.6. The standard InChI is InChI=1S/C8H17NO5/c1-6(9-8(11)13-3)7(4-10)14-5-12-2/h6-7,10H,4-5H2,1-3H3,(H,9,11)/t6-,7-/m1/s1. The molecule has 0 aliphatic heterocycles. The van der Waals surface area contributed by atoms with Gasteiger partial charge < -0.3 is 24.6 Å². The fourth-order valence-electron chi connectivity index (χ4n) is 0.848. The predicted octanol–water partition coefficient (Wildman–Crippen LogP) is -0.288. The highest BCUT2D eigenvalue weighted by atomic mass is 16.7. The van der Waals surface area contributed by atoms with Crippen molar-refractivity contribution >= 4 is 6.09 Å². The molecule has 0 unspecified atom stereocenters. The van der Waals surface area contributed by atoms with Crippen LogP contribution in [0.25, 0.3) is 0 Å². The molecule has 0 spiro atoms. The van der Waals surface area contributed by atoms with E-state index in [1.54, 1.807) is 6.92 Å². The molecule has 0 rings (SSSR count). The number of hydrogen-bond donors (Lipinski definition) is 2. The number of methoxy groups -OCH3 is 2. The molecule has 0 radical (unpaired) electrons. The lowest BCUT2D eigenvalue weighted by molar-refractivity contribution is -0.0960. The molecular weight excluding hydrogens is 190 g/mol. The van der Waals surface area contributed by atoms with E-state index >= 15 is 0 Å².